The number of ether oxygens (including phenoxy) is 2. The molecular formula is C10H19F2NO2. The Morgan fingerprint density at radius 3 is 2.60 bits per heavy atom. The fourth-order valence-electron chi connectivity index (χ4n) is 1.36. The fourth-order valence-corrected chi connectivity index (χ4v) is 1.36. The minimum atomic E-state index is -2.73. The second-order valence-corrected chi connectivity index (χ2v) is 4.25. The molecule has 15 heavy (non-hydrogen) atoms. The van der Waals surface area contributed by atoms with Crippen molar-refractivity contribution < 1.29 is 18.3 Å². The van der Waals surface area contributed by atoms with Gasteiger partial charge in [0.25, 0.3) is 5.92 Å². The molecular weight excluding hydrogens is 204 g/mol. The van der Waals surface area contributed by atoms with Crippen molar-refractivity contribution in [2.75, 3.05) is 19.8 Å². The van der Waals surface area contributed by atoms with E-state index >= 15 is 0 Å². The SMILES string of the molecule is CC(C)OCC1CNC(C(C)(F)F)CO1. The van der Waals surface area contributed by atoms with Crippen LogP contribution in [0.25, 0.3) is 0 Å². The number of hydrogen-bond donors (Lipinski definition) is 1. The summed E-state index contributed by atoms with van der Waals surface area (Å²) in [5.74, 6) is -2.73. The molecule has 1 aliphatic rings. The molecule has 0 aromatic heterocycles. The number of rotatable bonds is 4. The normalized spacial score (nSPS) is 28.4. The van der Waals surface area contributed by atoms with Gasteiger partial charge in [-0.2, -0.15) is 0 Å². The Morgan fingerprint density at radius 1 is 1.53 bits per heavy atom. The molecule has 0 amide bonds. The van der Waals surface area contributed by atoms with Crippen molar-refractivity contribution in [1.29, 1.82) is 0 Å². The molecule has 3 nitrogen and oxygen atoms in total. The first-order valence-electron chi connectivity index (χ1n) is 5.24. The zero-order chi connectivity index (χ0) is 11.5. The summed E-state index contributed by atoms with van der Waals surface area (Å²) in [6, 6.07) is -0.882. The molecule has 90 valence electrons. The van der Waals surface area contributed by atoms with Gasteiger partial charge in [0.2, 0.25) is 0 Å². The molecule has 0 saturated carbocycles. The van der Waals surface area contributed by atoms with Gasteiger partial charge in [-0.3, -0.25) is 0 Å². The first-order chi connectivity index (χ1) is 6.89. The maximum atomic E-state index is 12.9. The van der Waals surface area contributed by atoms with Crippen LogP contribution in [0.15, 0.2) is 0 Å². The highest BCUT2D eigenvalue weighted by molar-refractivity contribution is 4.84. The number of hydrogen-bond acceptors (Lipinski definition) is 3. The third kappa shape index (κ3) is 4.40. The van der Waals surface area contributed by atoms with E-state index in [1.54, 1.807) is 0 Å². The molecule has 0 radical (unpaired) electrons. The molecule has 1 N–H and O–H groups in total. The van der Waals surface area contributed by atoms with Gasteiger partial charge in [0.1, 0.15) is 0 Å². The van der Waals surface area contributed by atoms with Crippen LogP contribution in [0.2, 0.25) is 0 Å². The standard InChI is InChI=1S/C10H19F2NO2/c1-7(2)14-5-8-4-13-9(6-15-8)10(3,11)12/h7-9,13H,4-6H2,1-3H3. The molecule has 1 fully saturated rings. The van der Waals surface area contributed by atoms with Crippen LogP contribution in [0.1, 0.15) is 20.8 Å². The number of morpholine rings is 1. The van der Waals surface area contributed by atoms with Gasteiger partial charge in [-0.1, -0.05) is 0 Å². The van der Waals surface area contributed by atoms with E-state index in [1.165, 1.54) is 0 Å². The smallest absolute Gasteiger partial charge is 0.262 e. The Hall–Kier alpha value is -0.260. The van der Waals surface area contributed by atoms with Gasteiger partial charge in [0, 0.05) is 13.5 Å². The highest BCUT2D eigenvalue weighted by Crippen LogP contribution is 2.20. The summed E-state index contributed by atoms with van der Waals surface area (Å²) in [5.41, 5.74) is 0. The van der Waals surface area contributed by atoms with E-state index < -0.39 is 12.0 Å². The van der Waals surface area contributed by atoms with Crippen LogP contribution < -0.4 is 5.32 Å². The quantitative estimate of drug-likeness (QED) is 0.782. The third-order valence-corrected chi connectivity index (χ3v) is 2.32. The molecule has 1 heterocycles. The summed E-state index contributed by atoms with van der Waals surface area (Å²) in [6.45, 7) is 5.67. The summed E-state index contributed by atoms with van der Waals surface area (Å²) < 4.78 is 36.4. The second kappa shape index (κ2) is 5.18. The van der Waals surface area contributed by atoms with Crippen molar-refractivity contribution in [2.45, 2.75) is 44.9 Å². The van der Waals surface area contributed by atoms with Crippen molar-refractivity contribution >= 4 is 0 Å². The van der Waals surface area contributed by atoms with Crippen LogP contribution in [0.4, 0.5) is 8.78 Å². The Kier molecular flexibility index (Phi) is 4.43. The van der Waals surface area contributed by atoms with Gasteiger partial charge < -0.3 is 14.8 Å². The molecule has 0 spiro atoms. The van der Waals surface area contributed by atoms with E-state index in [1.807, 2.05) is 13.8 Å². The van der Waals surface area contributed by atoms with Crippen LogP contribution in [0, 0.1) is 0 Å². The van der Waals surface area contributed by atoms with E-state index in [4.69, 9.17) is 9.47 Å². The largest absolute Gasteiger partial charge is 0.376 e. The highest BCUT2D eigenvalue weighted by atomic mass is 19.3. The molecule has 2 unspecified atom stereocenters. The highest BCUT2D eigenvalue weighted by Gasteiger charge is 2.37. The molecule has 0 aliphatic carbocycles. The van der Waals surface area contributed by atoms with Crippen molar-refractivity contribution in [3.05, 3.63) is 0 Å². The van der Waals surface area contributed by atoms with Crippen LogP contribution in [-0.2, 0) is 9.47 Å². The van der Waals surface area contributed by atoms with Gasteiger partial charge in [-0.15, -0.1) is 0 Å². The van der Waals surface area contributed by atoms with E-state index in [-0.39, 0.29) is 18.8 Å². The Labute approximate surface area is 89.1 Å². The summed E-state index contributed by atoms with van der Waals surface area (Å²) in [5, 5.41) is 2.78. The molecule has 1 saturated heterocycles. The number of halogens is 2. The van der Waals surface area contributed by atoms with Crippen LogP contribution >= 0.6 is 0 Å². The lowest BCUT2D eigenvalue weighted by molar-refractivity contribution is -0.111. The zero-order valence-electron chi connectivity index (χ0n) is 9.43. The molecule has 0 aromatic rings. The molecule has 1 aliphatic heterocycles. The summed E-state index contributed by atoms with van der Waals surface area (Å²) >= 11 is 0. The maximum Gasteiger partial charge on any atom is 0.262 e. The topological polar surface area (TPSA) is 30.5 Å². The van der Waals surface area contributed by atoms with Gasteiger partial charge in [0.15, 0.2) is 0 Å². The predicted molar refractivity (Wildman–Crippen MR) is 53.2 cm³/mol. The Balaban J connectivity index is 2.24. The lowest BCUT2D eigenvalue weighted by Crippen LogP contribution is -2.55. The van der Waals surface area contributed by atoms with Crippen molar-refractivity contribution in [3.8, 4) is 0 Å². The van der Waals surface area contributed by atoms with E-state index in [2.05, 4.69) is 5.32 Å². The summed E-state index contributed by atoms with van der Waals surface area (Å²) in [7, 11) is 0. The minimum absolute atomic E-state index is 0.0373. The van der Waals surface area contributed by atoms with E-state index in [9.17, 15) is 8.78 Å². The van der Waals surface area contributed by atoms with Gasteiger partial charge in [-0.05, 0) is 13.8 Å². The monoisotopic (exact) mass is 223 g/mol. The lowest BCUT2D eigenvalue weighted by Gasteiger charge is -2.33. The zero-order valence-corrected chi connectivity index (χ0v) is 9.43. The van der Waals surface area contributed by atoms with Gasteiger partial charge >= 0.3 is 0 Å². The molecule has 5 heteroatoms. The molecule has 2 atom stereocenters. The van der Waals surface area contributed by atoms with Crippen LogP contribution in [0.5, 0.6) is 0 Å². The van der Waals surface area contributed by atoms with Crippen LogP contribution in [-0.4, -0.2) is 43.9 Å². The predicted octanol–water partition coefficient (Wildman–Crippen LogP) is 1.42. The third-order valence-electron chi connectivity index (χ3n) is 2.32. The average Bonchev–Trinajstić information content (AvgIpc) is 2.14. The molecule has 1 rings (SSSR count). The molecule has 0 bridgehead atoms. The van der Waals surface area contributed by atoms with Crippen molar-refractivity contribution in [2.24, 2.45) is 0 Å². The first-order valence-corrected chi connectivity index (χ1v) is 5.24. The Morgan fingerprint density at radius 2 is 2.20 bits per heavy atom. The second-order valence-electron chi connectivity index (χ2n) is 4.25. The maximum absolute atomic E-state index is 12.9. The molecule has 0 aromatic carbocycles. The van der Waals surface area contributed by atoms with Gasteiger partial charge in [-0.25, -0.2) is 8.78 Å². The van der Waals surface area contributed by atoms with E-state index in [0.717, 1.165) is 6.92 Å². The summed E-state index contributed by atoms with van der Waals surface area (Å²) in [4.78, 5) is 0. The van der Waals surface area contributed by atoms with Gasteiger partial charge in [0.05, 0.1) is 31.5 Å². The van der Waals surface area contributed by atoms with Crippen molar-refractivity contribution in [1.82, 2.24) is 5.32 Å². The average molecular weight is 223 g/mol. The first kappa shape index (κ1) is 12.8. The van der Waals surface area contributed by atoms with E-state index in [0.29, 0.717) is 13.2 Å². The lowest BCUT2D eigenvalue weighted by atomic mass is 10.1. The summed E-state index contributed by atoms with van der Waals surface area (Å²) in [6.07, 6.45) is 0.0185. The number of alkyl halides is 2. The fraction of sp³-hybridized carbons (Fsp3) is 1.00. The van der Waals surface area contributed by atoms with Crippen molar-refractivity contribution in [3.63, 3.8) is 0 Å². The Bertz CT molecular complexity index is 186. The van der Waals surface area contributed by atoms with Crippen LogP contribution in [0.3, 0.4) is 0 Å². The minimum Gasteiger partial charge on any atom is -0.376 e. The number of nitrogens with one attached hydrogen (secondary N) is 1.